The van der Waals surface area contributed by atoms with Gasteiger partial charge in [0.15, 0.2) is 0 Å². The van der Waals surface area contributed by atoms with E-state index >= 15 is 0 Å². The van der Waals surface area contributed by atoms with Crippen molar-refractivity contribution in [3.05, 3.63) is 34.1 Å². The highest BCUT2D eigenvalue weighted by atomic mass is 79.9. The Morgan fingerprint density at radius 1 is 1.47 bits per heavy atom. The smallest absolute Gasteiger partial charge is 0.311 e. The van der Waals surface area contributed by atoms with E-state index in [1.54, 1.807) is 26.0 Å². The Labute approximate surface area is 96.2 Å². The number of benzene rings is 1. The average molecular weight is 275 g/mol. The number of carboxylic acids is 1. The Balaban J connectivity index is 3.28. The van der Waals surface area contributed by atoms with Gasteiger partial charge in [-0.05, 0) is 18.1 Å². The SMILES string of the molecule is CC(C)C(C(=O)O)c1c(F)cccc1Br. The van der Waals surface area contributed by atoms with Crippen LogP contribution in [0.3, 0.4) is 0 Å². The standard InChI is InChI=1S/C11H12BrFO2/c1-6(2)9(11(14)15)10-7(12)4-3-5-8(10)13/h3-6,9H,1-2H3,(H,14,15). The minimum atomic E-state index is -1.00. The van der Waals surface area contributed by atoms with E-state index in [4.69, 9.17) is 5.11 Å². The maximum atomic E-state index is 13.5. The molecule has 1 aromatic rings. The molecule has 1 rings (SSSR count). The fourth-order valence-electron chi connectivity index (χ4n) is 1.55. The third kappa shape index (κ3) is 2.56. The molecule has 0 spiro atoms. The van der Waals surface area contributed by atoms with Gasteiger partial charge in [-0.2, -0.15) is 0 Å². The number of rotatable bonds is 3. The van der Waals surface area contributed by atoms with Gasteiger partial charge in [0, 0.05) is 10.0 Å². The van der Waals surface area contributed by atoms with Crippen LogP contribution in [0.4, 0.5) is 4.39 Å². The molecule has 0 aromatic heterocycles. The van der Waals surface area contributed by atoms with Crippen LogP contribution in [0.25, 0.3) is 0 Å². The quantitative estimate of drug-likeness (QED) is 0.917. The summed E-state index contributed by atoms with van der Waals surface area (Å²) < 4.78 is 14.0. The van der Waals surface area contributed by atoms with Crippen molar-refractivity contribution in [1.82, 2.24) is 0 Å². The van der Waals surface area contributed by atoms with Gasteiger partial charge < -0.3 is 5.11 Å². The van der Waals surface area contributed by atoms with Crippen molar-refractivity contribution >= 4 is 21.9 Å². The zero-order valence-electron chi connectivity index (χ0n) is 8.50. The molecule has 82 valence electrons. The lowest BCUT2D eigenvalue weighted by Crippen LogP contribution is -2.19. The minimum Gasteiger partial charge on any atom is -0.481 e. The van der Waals surface area contributed by atoms with Crippen LogP contribution in [0.1, 0.15) is 25.3 Å². The van der Waals surface area contributed by atoms with Crippen LogP contribution in [0, 0.1) is 11.7 Å². The molecule has 15 heavy (non-hydrogen) atoms. The normalized spacial score (nSPS) is 12.9. The lowest BCUT2D eigenvalue weighted by Gasteiger charge is -2.18. The summed E-state index contributed by atoms with van der Waals surface area (Å²) in [5, 5.41) is 9.06. The molecule has 0 saturated carbocycles. The van der Waals surface area contributed by atoms with Crippen LogP contribution in [0.15, 0.2) is 22.7 Å². The van der Waals surface area contributed by atoms with Crippen molar-refractivity contribution in [2.75, 3.05) is 0 Å². The lowest BCUT2D eigenvalue weighted by molar-refractivity contribution is -0.140. The summed E-state index contributed by atoms with van der Waals surface area (Å²) in [7, 11) is 0. The van der Waals surface area contributed by atoms with E-state index in [1.165, 1.54) is 6.07 Å². The molecule has 1 atom stereocenters. The highest BCUT2D eigenvalue weighted by Gasteiger charge is 2.28. The van der Waals surface area contributed by atoms with Crippen molar-refractivity contribution < 1.29 is 14.3 Å². The second-order valence-electron chi connectivity index (χ2n) is 3.70. The summed E-state index contributed by atoms with van der Waals surface area (Å²) in [6.07, 6.45) is 0. The van der Waals surface area contributed by atoms with E-state index < -0.39 is 17.7 Å². The van der Waals surface area contributed by atoms with E-state index in [0.29, 0.717) is 4.47 Å². The maximum absolute atomic E-state index is 13.5. The first kappa shape index (κ1) is 12.2. The summed E-state index contributed by atoms with van der Waals surface area (Å²) >= 11 is 3.18. The number of carbonyl (C=O) groups is 1. The summed E-state index contributed by atoms with van der Waals surface area (Å²) in [5.74, 6) is -2.46. The second-order valence-corrected chi connectivity index (χ2v) is 4.55. The Morgan fingerprint density at radius 3 is 2.47 bits per heavy atom. The molecule has 0 fully saturated rings. The molecule has 0 saturated heterocycles. The fourth-order valence-corrected chi connectivity index (χ4v) is 2.14. The Bertz CT molecular complexity index is 357. The molecule has 0 heterocycles. The number of halogens is 2. The van der Waals surface area contributed by atoms with E-state index in [1.807, 2.05) is 0 Å². The van der Waals surface area contributed by atoms with Crippen LogP contribution in [-0.4, -0.2) is 11.1 Å². The molecule has 1 aromatic carbocycles. The van der Waals surface area contributed by atoms with Gasteiger partial charge in [0.1, 0.15) is 5.82 Å². The van der Waals surface area contributed by atoms with Crippen LogP contribution in [-0.2, 0) is 4.79 Å². The van der Waals surface area contributed by atoms with Crippen LogP contribution in [0.5, 0.6) is 0 Å². The lowest BCUT2D eigenvalue weighted by atomic mass is 9.88. The van der Waals surface area contributed by atoms with Crippen molar-refractivity contribution in [1.29, 1.82) is 0 Å². The number of hydrogen-bond acceptors (Lipinski definition) is 1. The number of carboxylic acid groups (broad SMARTS) is 1. The number of hydrogen-bond donors (Lipinski definition) is 1. The molecule has 0 radical (unpaired) electrons. The molecule has 1 unspecified atom stereocenters. The Morgan fingerprint density at radius 2 is 2.07 bits per heavy atom. The van der Waals surface area contributed by atoms with E-state index in [0.717, 1.165) is 0 Å². The first-order valence-electron chi connectivity index (χ1n) is 4.62. The van der Waals surface area contributed by atoms with E-state index in [-0.39, 0.29) is 11.5 Å². The van der Waals surface area contributed by atoms with Crippen molar-refractivity contribution in [3.8, 4) is 0 Å². The topological polar surface area (TPSA) is 37.3 Å². The predicted molar refractivity (Wildman–Crippen MR) is 59.3 cm³/mol. The van der Waals surface area contributed by atoms with Gasteiger partial charge in [0.2, 0.25) is 0 Å². The van der Waals surface area contributed by atoms with Crippen LogP contribution in [0.2, 0.25) is 0 Å². The summed E-state index contributed by atoms with van der Waals surface area (Å²) in [6, 6.07) is 4.47. The van der Waals surface area contributed by atoms with Gasteiger partial charge in [-0.3, -0.25) is 4.79 Å². The van der Waals surface area contributed by atoms with Gasteiger partial charge in [-0.15, -0.1) is 0 Å². The summed E-state index contributed by atoms with van der Waals surface area (Å²) in [5.41, 5.74) is 0.222. The van der Waals surface area contributed by atoms with Gasteiger partial charge in [0.25, 0.3) is 0 Å². The zero-order chi connectivity index (χ0) is 11.6. The Hall–Kier alpha value is -0.900. The minimum absolute atomic E-state index is 0.157. The molecule has 0 aliphatic heterocycles. The van der Waals surface area contributed by atoms with Crippen LogP contribution < -0.4 is 0 Å². The molecule has 4 heteroatoms. The van der Waals surface area contributed by atoms with Gasteiger partial charge in [0.05, 0.1) is 5.92 Å². The van der Waals surface area contributed by atoms with Crippen LogP contribution >= 0.6 is 15.9 Å². The largest absolute Gasteiger partial charge is 0.481 e. The molecule has 1 N–H and O–H groups in total. The highest BCUT2D eigenvalue weighted by Crippen LogP contribution is 2.32. The summed E-state index contributed by atoms with van der Waals surface area (Å²) in [4.78, 5) is 11.1. The maximum Gasteiger partial charge on any atom is 0.311 e. The van der Waals surface area contributed by atoms with E-state index in [9.17, 15) is 9.18 Å². The van der Waals surface area contributed by atoms with Gasteiger partial charge in [-0.1, -0.05) is 35.8 Å². The molecule has 0 aliphatic rings. The predicted octanol–water partition coefficient (Wildman–Crippen LogP) is 3.41. The molecule has 0 aliphatic carbocycles. The third-order valence-electron chi connectivity index (χ3n) is 2.24. The van der Waals surface area contributed by atoms with Crippen molar-refractivity contribution in [3.63, 3.8) is 0 Å². The van der Waals surface area contributed by atoms with Crippen molar-refractivity contribution in [2.45, 2.75) is 19.8 Å². The molecular weight excluding hydrogens is 263 g/mol. The Kier molecular flexibility index (Phi) is 3.85. The molecule has 0 amide bonds. The first-order valence-corrected chi connectivity index (χ1v) is 5.41. The summed E-state index contributed by atoms with van der Waals surface area (Å²) in [6.45, 7) is 3.52. The van der Waals surface area contributed by atoms with Gasteiger partial charge >= 0.3 is 5.97 Å². The van der Waals surface area contributed by atoms with E-state index in [2.05, 4.69) is 15.9 Å². The van der Waals surface area contributed by atoms with Gasteiger partial charge in [-0.25, -0.2) is 4.39 Å². The monoisotopic (exact) mass is 274 g/mol. The average Bonchev–Trinajstić information content (AvgIpc) is 2.09. The number of aliphatic carboxylic acids is 1. The first-order chi connectivity index (χ1) is 6.95. The zero-order valence-corrected chi connectivity index (χ0v) is 10.1. The highest BCUT2D eigenvalue weighted by molar-refractivity contribution is 9.10. The molecule has 0 bridgehead atoms. The molecular formula is C11H12BrFO2. The second kappa shape index (κ2) is 4.75. The van der Waals surface area contributed by atoms with Crippen molar-refractivity contribution in [2.24, 2.45) is 5.92 Å². The fraction of sp³-hybridized carbons (Fsp3) is 0.364. The third-order valence-corrected chi connectivity index (χ3v) is 2.93. The molecule has 2 nitrogen and oxygen atoms in total.